The number of nitro benzene ring substituents is 1. The van der Waals surface area contributed by atoms with Crippen molar-refractivity contribution in [3.63, 3.8) is 0 Å². The molecule has 0 aliphatic rings. The van der Waals surface area contributed by atoms with E-state index < -0.39 is 22.3 Å². The van der Waals surface area contributed by atoms with Crippen LogP contribution in [0, 0.1) is 15.9 Å². The van der Waals surface area contributed by atoms with Gasteiger partial charge < -0.3 is 9.15 Å². The number of furan rings is 1. The minimum atomic E-state index is -1.000. The van der Waals surface area contributed by atoms with Gasteiger partial charge in [0.15, 0.2) is 5.76 Å². The normalized spacial score (nSPS) is 10.2. The van der Waals surface area contributed by atoms with Crippen LogP contribution in [0.3, 0.4) is 0 Å². The van der Waals surface area contributed by atoms with Crippen molar-refractivity contribution < 1.29 is 23.3 Å². The van der Waals surface area contributed by atoms with Gasteiger partial charge in [-0.05, 0) is 18.2 Å². The molecule has 1 aromatic carbocycles. The Bertz CT molecular complexity index is 685. The summed E-state index contributed by atoms with van der Waals surface area (Å²) in [4.78, 5) is 20.8. The van der Waals surface area contributed by atoms with Crippen LogP contribution >= 0.6 is 0 Å². The monoisotopic (exact) mass is 295 g/mol. The Kier molecular flexibility index (Phi) is 4.14. The van der Waals surface area contributed by atoms with Gasteiger partial charge in [0.05, 0.1) is 4.92 Å². The Balaban J connectivity index is 2.03. The van der Waals surface area contributed by atoms with E-state index in [1.165, 1.54) is 18.2 Å². The van der Waals surface area contributed by atoms with E-state index in [4.69, 9.17) is 15.0 Å². The van der Waals surface area contributed by atoms with Crippen molar-refractivity contribution in [2.45, 2.75) is 6.61 Å². The second-order valence-electron chi connectivity index (χ2n) is 3.90. The molecular weight excluding hydrogens is 285 g/mol. The molecule has 2 rings (SSSR count). The number of hydrazine groups is 1. The van der Waals surface area contributed by atoms with E-state index in [0.29, 0.717) is 5.76 Å². The summed E-state index contributed by atoms with van der Waals surface area (Å²) in [7, 11) is 0. The van der Waals surface area contributed by atoms with Gasteiger partial charge in [0.2, 0.25) is 5.82 Å². The third kappa shape index (κ3) is 3.34. The lowest BCUT2D eigenvalue weighted by Crippen LogP contribution is -2.29. The smallest absolute Gasteiger partial charge is 0.305 e. The Labute approximate surface area is 117 Å². The highest BCUT2D eigenvalue weighted by molar-refractivity contribution is 5.90. The molecule has 1 aromatic heterocycles. The van der Waals surface area contributed by atoms with Crippen molar-refractivity contribution in [2.24, 2.45) is 5.84 Å². The van der Waals surface area contributed by atoms with Crippen molar-refractivity contribution in [3.8, 4) is 5.75 Å². The molecule has 0 fully saturated rings. The van der Waals surface area contributed by atoms with E-state index in [1.807, 2.05) is 5.43 Å². The van der Waals surface area contributed by atoms with Crippen molar-refractivity contribution in [1.82, 2.24) is 5.43 Å². The summed E-state index contributed by atoms with van der Waals surface area (Å²) >= 11 is 0. The number of ether oxygens (including phenoxy) is 1. The topological polar surface area (TPSA) is 121 Å². The summed E-state index contributed by atoms with van der Waals surface area (Å²) in [5, 5.41) is 10.5. The molecule has 3 N–H and O–H groups in total. The number of nitrogen functional groups attached to an aromatic ring is 1. The van der Waals surface area contributed by atoms with E-state index in [9.17, 15) is 19.3 Å². The van der Waals surface area contributed by atoms with Crippen LogP contribution in [0.4, 0.5) is 10.1 Å². The zero-order valence-electron chi connectivity index (χ0n) is 10.5. The van der Waals surface area contributed by atoms with Crippen LogP contribution in [0.2, 0.25) is 0 Å². The lowest BCUT2D eigenvalue weighted by molar-refractivity contribution is -0.387. The predicted octanol–water partition coefficient (Wildman–Crippen LogP) is 1.51. The summed E-state index contributed by atoms with van der Waals surface area (Å²) in [5.74, 6) is 3.77. The number of hydrogen-bond donors (Lipinski definition) is 2. The van der Waals surface area contributed by atoms with Gasteiger partial charge in [0.25, 0.3) is 0 Å². The first kappa shape index (κ1) is 14.5. The highest BCUT2D eigenvalue weighted by Gasteiger charge is 2.15. The van der Waals surface area contributed by atoms with Gasteiger partial charge in [-0.15, -0.1) is 0 Å². The quantitative estimate of drug-likeness (QED) is 0.373. The summed E-state index contributed by atoms with van der Waals surface area (Å²) < 4.78 is 23.7. The summed E-state index contributed by atoms with van der Waals surface area (Å²) in [5.41, 5.74) is 1.27. The van der Waals surface area contributed by atoms with Crippen LogP contribution in [-0.4, -0.2) is 10.8 Å². The van der Waals surface area contributed by atoms with Crippen molar-refractivity contribution >= 4 is 11.6 Å². The zero-order valence-corrected chi connectivity index (χ0v) is 10.5. The van der Waals surface area contributed by atoms with Crippen LogP contribution in [0.5, 0.6) is 5.75 Å². The number of amides is 1. The molecule has 0 bridgehead atoms. The summed E-state index contributed by atoms with van der Waals surface area (Å²) in [6, 6.07) is 6.05. The second-order valence-corrected chi connectivity index (χ2v) is 3.90. The lowest BCUT2D eigenvalue weighted by atomic mass is 10.3. The first-order valence-corrected chi connectivity index (χ1v) is 5.67. The lowest BCUT2D eigenvalue weighted by Gasteiger charge is -2.04. The first-order chi connectivity index (χ1) is 10.0. The Morgan fingerprint density at radius 2 is 2.19 bits per heavy atom. The molecule has 1 amide bonds. The Morgan fingerprint density at radius 3 is 2.81 bits per heavy atom. The zero-order chi connectivity index (χ0) is 15.4. The van der Waals surface area contributed by atoms with Gasteiger partial charge in [0, 0.05) is 12.1 Å². The number of carbonyl (C=O) groups excluding carboxylic acids is 1. The molecular formula is C12H10FN3O5. The number of nitrogens with two attached hydrogens (primary N) is 1. The maximum atomic E-state index is 13.4. The van der Waals surface area contributed by atoms with E-state index >= 15 is 0 Å². The van der Waals surface area contributed by atoms with Gasteiger partial charge >= 0.3 is 11.6 Å². The maximum Gasteiger partial charge on any atom is 0.305 e. The number of carbonyl (C=O) groups is 1. The molecule has 0 aliphatic carbocycles. The molecule has 0 spiro atoms. The minimum Gasteiger partial charge on any atom is -0.486 e. The largest absolute Gasteiger partial charge is 0.486 e. The number of rotatable bonds is 5. The summed E-state index contributed by atoms with van der Waals surface area (Å²) in [6.07, 6.45) is 0. The van der Waals surface area contributed by atoms with E-state index in [-0.39, 0.29) is 18.1 Å². The standard InChI is InChI=1S/C12H10FN3O5/c13-9-5-7(1-3-10(9)16(18)19)20-6-8-2-4-11(21-8)12(17)15-14/h1-5H,6,14H2,(H,15,17). The molecule has 0 saturated heterocycles. The fourth-order valence-corrected chi connectivity index (χ4v) is 1.53. The minimum absolute atomic E-state index is 0.00554. The SMILES string of the molecule is NNC(=O)c1ccc(COc2ccc([N+](=O)[O-])c(F)c2)o1. The average molecular weight is 295 g/mol. The van der Waals surface area contributed by atoms with E-state index in [1.54, 1.807) is 0 Å². The molecule has 2 aromatic rings. The molecule has 8 nitrogen and oxygen atoms in total. The summed E-state index contributed by atoms with van der Waals surface area (Å²) in [6.45, 7) is -0.0743. The van der Waals surface area contributed by atoms with E-state index in [0.717, 1.165) is 12.1 Å². The fourth-order valence-electron chi connectivity index (χ4n) is 1.53. The van der Waals surface area contributed by atoms with Crippen molar-refractivity contribution in [1.29, 1.82) is 0 Å². The number of nitro groups is 1. The van der Waals surface area contributed by atoms with Crippen LogP contribution in [0.25, 0.3) is 0 Å². The first-order valence-electron chi connectivity index (χ1n) is 5.67. The molecule has 0 saturated carbocycles. The van der Waals surface area contributed by atoms with Crippen LogP contribution in [0.1, 0.15) is 16.3 Å². The van der Waals surface area contributed by atoms with Gasteiger partial charge in [-0.2, -0.15) is 4.39 Å². The number of benzene rings is 1. The molecule has 9 heteroatoms. The fraction of sp³-hybridized carbons (Fsp3) is 0.0833. The van der Waals surface area contributed by atoms with Crippen LogP contribution in [-0.2, 0) is 6.61 Å². The van der Waals surface area contributed by atoms with Crippen molar-refractivity contribution in [3.05, 3.63) is 57.8 Å². The van der Waals surface area contributed by atoms with Gasteiger partial charge in [-0.25, -0.2) is 5.84 Å². The predicted molar refractivity (Wildman–Crippen MR) is 67.7 cm³/mol. The molecule has 0 unspecified atom stereocenters. The molecule has 21 heavy (non-hydrogen) atoms. The highest BCUT2D eigenvalue weighted by Crippen LogP contribution is 2.23. The van der Waals surface area contributed by atoms with Crippen LogP contribution in [0.15, 0.2) is 34.7 Å². The van der Waals surface area contributed by atoms with Crippen LogP contribution < -0.4 is 16.0 Å². The molecule has 110 valence electrons. The van der Waals surface area contributed by atoms with Crippen molar-refractivity contribution in [2.75, 3.05) is 0 Å². The number of nitrogens with one attached hydrogen (secondary N) is 1. The van der Waals surface area contributed by atoms with E-state index in [2.05, 4.69) is 0 Å². The maximum absolute atomic E-state index is 13.4. The Hall–Kier alpha value is -2.94. The highest BCUT2D eigenvalue weighted by atomic mass is 19.1. The Morgan fingerprint density at radius 1 is 1.43 bits per heavy atom. The molecule has 0 aliphatic heterocycles. The third-order valence-electron chi connectivity index (χ3n) is 2.51. The molecule has 0 radical (unpaired) electrons. The number of halogens is 1. The van der Waals surface area contributed by atoms with Gasteiger partial charge in [0.1, 0.15) is 18.1 Å². The third-order valence-corrected chi connectivity index (χ3v) is 2.51. The van der Waals surface area contributed by atoms with Gasteiger partial charge in [-0.1, -0.05) is 0 Å². The van der Waals surface area contributed by atoms with Gasteiger partial charge in [-0.3, -0.25) is 20.3 Å². The number of nitrogens with zero attached hydrogens (tertiary/aromatic N) is 1. The average Bonchev–Trinajstić information content (AvgIpc) is 2.92. The molecule has 0 atom stereocenters. The molecule has 1 heterocycles. The second kappa shape index (κ2) is 6.01. The number of hydrogen-bond acceptors (Lipinski definition) is 6.